The van der Waals surface area contributed by atoms with Gasteiger partial charge in [0.1, 0.15) is 0 Å². The summed E-state index contributed by atoms with van der Waals surface area (Å²) in [5, 5.41) is 13.4. The van der Waals surface area contributed by atoms with Crippen LogP contribution in [0.5, 0.6) is 0 Å². The molecule has 1 saturated heterocycles. The zero-order valence-electron chi connectivity index (χ0n) is 12.6. The third-order valence-electron chi connectivity index (χ3n) is 3.70. The first-order valence-corrected chi connectivity index (χ1v) is 7.68. The summed E-state index contributed by atoms with van der Waals surface area (Å²) in [5.74, 6) is -0.0478. The second-order valence-electron chi connectivity index (χ2n) is 5.21. The van der Waals surface area contributed by atoms with Gasteiger partial charge in [-0.2, -0.15) is 5.10 Å². The molecule has 0 radical (unpaired) electrons. The fourth-order valence-corrected chi connectivity index (χ4v) is 2.69. The van der Waals surface area contributed by atoms with Crippen LogP contribution in [0.1, 0.15) is 23.3 Å². The number of ether oxygens (including phenoxy) is 1. The Labute approximate surface area is 138 Å². The normalized spacial score (nSPS) is 15.4. The van der Waals surface area contributed by atoms with Crippen LogP contribution in [0.25, 0.3) is 11.3 Å². The molecule has 2 aromatic rings. The van der Waals surface area contributed by atoms with Crippen molar-refractivity contribution >= 4 is 23.5 Å². The van der Waals surface area contributed by atoms with Gasteiger partial charge in [0.15, 0.2) is 5.69 Å². The lowest BCUT2D eigenvalue weighted by atomic mass is 10.1. The van der Waals surface area contributed by atoms with E-state index in [1.165, 1.54) is 19.5 Å². The van der Waals surface area contributed by atoms with Gasteiger partial charge in [-0.3, -0.25) is 5.10 Å². The summed E-state index contributed by atoms with van der Waals surface area (Å²) in [6.07, 6.45) is 5.01. The Balaban J connectivity index is 1.89. The highest BCUT2D eigenvalue weighted by Gasteiger charge is 2.21. The number of halogens is 1. The number of hydrogen-bond donors (Lipinski definition) is 3. The highest BCUT2D eigenvalue weighted by atomic mass is 35.5. The molecule has 0 atom stereocenters. The highest BCUT2D eigenvalue weighted by molar-refractivity contribution is 6.33. The van der Waals surface area contributed by atoms with Crippen molar-refractivity contribution in [1.29, 1.82) is 0 Å². The van der Waals surface area contributed by atoms with Crippen LogP contribution >= 0.6 is 11.6 Å². The van der Waals surface area contributed by atoms with Crippen LogP contribution in [0.2, 0.25) is 5.02 Å². The lowest BCUT2D eigenvalue weighted by Gasteiger charge is -2.23. The minimum absolute atomic E-state index is 0.209. The van der Waals surface area contributed by atoms with E-state index in [1.54, 1.807) is 0 Å². The molecule has 0 aliphatic carbocycles. The fraction of sp³-hybridized carbons (Fsp3) is 0.429. The van der Waals surface area contributed by atoms with Gasteiger partial charge in [0.2, 0.25) is 5.95 Å². The van der Waals surface area contributed by atoms with Crippen molar-refractivity contribution in [3.8, 4) is 11.3 Å². The van der Waals surface area contributed by atoms with Crippen LogP contribution in [0, 0.1) is 0 Å². The summed E-state index contributed by atoms with van der Waals surface area (Å²) >= 11 is 6.19. The molecule has 9 heteroatoms. The Bertz CT molecular complexity index is 698. The first-order valence-electron chi connectivity index (χ1n) is 7.31. The van der Waals surface area contributed by atoms with Crippen LogP contribution in [0.3, 0.4) is 0 Å². The molecule has 3 N–H and O–H groups in total. The zero-order valence-corrected chi connectivity index (χ0v) is 13.4. The summed E-state index contributed by atoms with van der Waals surface area (Å²) in [6.45, 7) is 1.93. The number of aromatic nitrogens is 4. The van der Waals surface area contributed by atoms with Crippen LogP contribution < -0.4 is 10.6 Å². The van der Waals surface area contributed by atoms with Crippen LogP contribution in [0.15, 0.2) is 12.4 Å². The molecule has 0 spiro atoms. The van der Waals surface area contributed by atoms with Crippen LogP contribution in [-0.4, -0.2) is 52.4 Å². The molecule has 3 heterocycles. The lowest BCUT2D eigenvalue weighted by molar-refractivity contribution is 0.0595. The van der Waals surface area contributed by atoms with E-state index in [9.17, 15) is 4.79 Å². The number of methoxy groups -OCH3 is 1. The molecule has 1 aliphatic rings. The number of rotatable bonds is 4. The van der Waals surface area contributed by atoms with Gasteiger partial charge in [-0.15, -0.1) is 0 Å². The van der Waals surface area contributed by atoms with E-state index in [-0.39, 0.29) is 5.69 Å². The Hall–Kier alpha value is -2.19. The van der Waals surface area contributed by atoms with Gasteiger partial charge in [-0.05, 0) is 25.9 Å². The van der Waals surface area contributed by atoms with Crippen molar-refractivity contribution in [3.05, 3.63) is 23.1 Å². The molecule has 2 aromatic heterocycles. The van der Waals surface area contributed by atoms with Crippen LogP contribution in [0.4, 0.5) is 5.95 Å². The second kappa shape index (κ2) is 6.93. The molecule has 0 bridgehead atoms. The number of piperidine rings is 1. The van der Waals surface area contributed by atoms with Gasteiger partial charge in [-0.25, -0.2) is 14.8 Å². The summed E-state index contributed by atoms with van der Waals surface area (Å²) in [5.41, 5.74) is 1.13. The highest BCUT2D eigenvalue weighted by Crippen LogP contribution is 2.28. The van der Waals surface area contributed by atoms with Crippen molar-refractivity contribution in [1.82, 2.24) is 25.5 Å². The van der Waals surface area contributed by atoms with Crippen molar-refractivity contribution in [2.75, 3.05) is 25.5 Å². The Morgan fingerprint density at radius 3 is 2.91 bits per heavy atom. The summed E-state index contributed by atoms with van der Waals surface area (Å²) < 4.78 is 4.73. The van der Waals surface area contributed by atoms with Crippen molar-refractivity contribution < 1.29 is 9.53 Å². The van der Waals surface area contributed by atoms with Crippen molar-refractivity contribution in [2.45, 2.75) is 18.9 Å². The molecule has 122 valence electrons. The van der Waals surface area contributed by atoms with Crippen molar-refractivity contribution in [2.24, 2.45) is 0 Å². The minimum atomic E-state index is -0.528. The quantitative estimate of drug-likeness (QED) is 0.726. The fourth-order valence-electron chi connectivity index (χ4n) is 2.50. The first-order chi connectivity index (χ1) is 11.2. The van der Waals surface area contributed by atoms with Gasteiger partial charge in [0.25, 0.3) is 0 Å². The number of carbonyl (C=O) groups is 1. The molecule has 8 nitrogen and oxygen atoms in total. The molecular weight excluding hydrogens is 320 g/mol. The summed E-state index contributed by atoms with van der Waals surface area (Å²) in [6, 6.07) is 0.315. The molecule has 1 aliphatic heterocycles. The monoisotopic (exact) mass is 336 g/mol. The SMILES string of the molecule is COC(=O)c1[nH]ncc1-c1nc(NC2CCNCC2)ncc1Cl. The van der Waals surface area contributed by atoms with E-state index in [4.69, 9.17) is 16.3 Å². The molecule has 1 fully saturated rings. The Kier molecular flexibility index (Phi) is 4.73. The predicted molar refractivity (Wildman–Crippen MR) is 85.5 cm³/mol. The third-order valence-corrected chi connectivity index (χ3v) is 3.98. The van der Waals surface area contributed by atoms with Gasteiger partial charge in [0, 0.05) is 6.04 Å². The Morgan fingerprint density at radius 2 is 2.17 bits per heavy atom. The third kappa shape index (κ3) is 3.43. The van der Waals surface area contributed by atoms with Gasteiger partial charge in [0.05, 0.1) is 35.8 Å². The second-order valence-corrected chi connectivity index (χ2v) is 5.62. The lowest BCUT2D eigenvalue weighted by Crippen LogP contribution is -2.35. The number of H-pyrrole nitrogens is 1. The number of hydrogen-bond acceptors (Lipinski definition) is 7. The Morgan fingerprint density at radius 1 is 1.39 bits per heavy atom. The molecule has 0 amide bonds. The molecule has 23 heavy (non-hydrogen) atoms. The molecule has 0 saturated carbocycles. The van der Waals surface area contributed by atoms with Gasteiger partial charge < -0.3 is 15.4 Å². The average Bonchev–Trinajstić information content (AvgIpc) is 3.06. The zero-order chi connectivity index (χ0) is 16.2. The average molecular weight is 337 g/mol. The number of carbonyl (C=O) groups excluding carboxylic acids is 1. The number of aromatic amines is 1. The van der Waals surface area contributed by atoms with Gasteiger partial charge >= 0.3 is 5.97 Å². The van der Waals surface area contributed by atoms with Crippen molar-refractivity contribution in [3.63, 3.8) is 0 Å². The number of nitrogens with zero attached hydrogens (tertiary/aromatic N) is 3. The van der Waals surface area contributed by atoms with E-state index in [0.29, 0.717) is 28.3 Å². The largest absolute Gasteiger partial charge is 0.464 e. The standard InChI is InChI=1S/C14H17ClN6O2/c1-23-13(22)12-9(6-18-21-12)11-10(15)7-17-14(20-11)19-8-2-4-16-5-3-8/h6-8,16H,2-5H2,1H3,(H,18,21)(H,17,19,20). The molecule has 3 rings (SSSR count). The van der Waals surface area contributed by atoms with E-state index in [0.717, 1.165) is 25.9 Å². The van der Waals surface area contributed by atoms with E-state index < -0.39 is 5.97 Å². The number of nitrogens with one attached hydrogen (secondary N) is 3. The molecule has 0 aromatic carbocycles. The van der Waals surface area contributed by atoms with E-state index >= 15 is 0 Å². The maximum atomic E-state index is 11.8. The first kappa shape index (κ1) is 15.7. The van der Waals surface area contributed by atoms with Gasteiger partial charge in [-0.1, -0.05) is 11.6 Å². The summed E-state index contributed by atoms with van der Waals surface area (Å²) in [7, 11) is 1.30. The predicted octanol–water partition coefficient (Wildman–Crippen LogP) is 1.47. The van der Waals surface area contributed by atoms with Crippen LogP contribution in [-0.2, 0) is 4.74 Å². The maximum Gasteiger partial charge on any atom is 0.356 e. The molecule has 0 unspecified atom stereocenters. The number of anilines is 1. The van der Waals surface area contributed by atoms with E-state index in [1.807, 2.05) is 0 Å². The molecular formula is C14H17ClN6O2. The summed E-state index contributed by atoms with van der Waals surface area (Å²) in [4.78, 5) is 20.4. The topological polar surface area (TPSA) is 105 Å². The smallest absolute Gasteiger partial charge is 0.356 e. The maximum absolute atomic E-state index is 11.8. The van der Waals surface area contributed by atoms with E-state index in [2.05, 4.69) is 30.8 Å². The minimum Gasteiger partial charge on any atom is -0.464 e. The number of esters is 1.